The summed E-state index contributed by atoms with van der Waals surface area (Å²) in [6.45, 7) is 1.89. The molecule has 0 radical (unpaired) electrons. The summed E-state index contributed by atoms with van der Waals surface area (Å²) in [4.78, 5) is 23.5. The number of rotatable bonds is 3. The first-order chi connectivity index (χ1) is 14.2. The van der Waals surface area contributed by atoms with Crippen molar-refractivity contribution in [2.24, 2.45) is 7.05 Å². The van der Waals surface area contributed by atoms with Gasteiger partial charge < -0.3 is 9.64 Å². The Morgan fingerprint density at radius 1 is 1.21 bits per heavy atom. The molecule has 1 aliphatic rings. The molecule has 1 aromatic carbocycles. The van der Waals surface area contributed by atoms with Crippen molar-refractivity contribution < 1.29 is 4.74 Å². The van der Waals surface area contributed by atoms with Crippen LogP contribution in [0.25, 0.3) is 11.3 Å². The van der Waals surface area contributed by atoms with Gasteiger partial charge in [-0.15, -0.1) is 0 Å². The molecule has 1 atom stereocenters. The first-order valence-electron chi connectivity index (χ1n) is 9.51. The molecule has 0 spiro atoms. The zero-order valence-corrected chi connectivity index (χ0v) is 16.2. The van der Waals surface area contributed by atoms with Gasteiger partial charge in [-0.3, -0.25) is 14.3 Å². The Balaban J connectivity index is 1.70. The summed E-state index contributed by atoms with van der Waals surface area (Å²) in [5.41, 5.74) is 2.91. The first kappa shape index (κ1) is 18.8. The molecule has 4 rings (SSSR count). The Labute approximate surface area is 168 Å². The van der Waals surface area contributed by atoms with Gasteiger partial charge in [-0.2, -0.15) is 5.26 Å². The molecule has 3 aromatic rings. The van der Waals surface area contributed by atoms with Crippen LogP contribution >= 0.6 is 0 Å². The highest BCUT2D eigenvalue weighted by atomic mass is 16.5. The summed E-state index contributed by atoms with van der Waals surface area (Å²) in [5.74, 6) is 0.608. The number of pyridine rings is 1. The molecule has 0 saturated carbocycles. The van der Waals surface area contributed by atoms with Crippen LogP contribution in [-0.2, 0) is 11.8 Å². The Hall–Kier alpha value is -3.50. The summed E-state index contributed by atoms with van der Waals surface area (Å²) >= 11 is 0. The fraction of sp³-hybridized carbons (Fsp3) is 0.273. The van der Waals surface area contributed by atoms with Crippen LogP contribution in [0.5, 0.6) is 0 Å². The Morgan fingerprint density at radius 3 is 2.83 bits per heavy atom. The minimum absolute atomic E-state index is 0.116. The van der Waals surface area contributed by atoms with Crippen molar-refractivity contribution in [2.45, 2.75) is 12.5 Å². The standard InChI is InChI=1S/C22H21N5O2/c1-26-21(28)13-19(17-6-8-24-9-7-17)25-22(26)27-10-3-11-29-20(15-27)18-5-2-4-16(12-18)14-23/h2,4-9,12-13,20H,3,10-11,15H2,1H3/t20-/m1/s1. The highest BCUT2D eigenvalue weighted by molar-refractivity contribution is 5.59. The number of nitriles is 1. The molecule has 1 aliphatic heterocycles. The minimum atomic E-state index is -0.202. The van der Waals surface area contributed by atoms with E-state index in [1.165, 1.54) is 0 Å². The van der Waals surface area contributed by atoms with Gasteiger partial charge in [0.2, 0.25) is 5.95 Å². The smallest absolute Gasteiger partial charge is 0.255 e. The highest BCUT2D eigenvalue weighted by Gasteiger charge is 2.24. The molecule has 0 amide bonds. The molecule has 0 N–H and O–H groups in total. The van der Waals surface area contributed by atoms with E-state index in [0.29, 0.717) is 30.4 Å². The van der Waals surface area contributed by atoms with Crippen molar-refractivity contribution in [3.05, 3.63) is 76.3 Å². The Bertz CT molecular complexity index is 1100. The third-order valence-electron chi connectivity index (χ3n) is 5.04. The number of anilines is 1. The fourth-order valence-electron chi connectivity index (χ4n) is 3.50. The summed E-state index contributed by atoms with van der Waals surface area (Å²) < 4.78 is 7.62. The predicted octanol–water partition coefficient (Wildman–Crippen LogP) is 2.68. The lowest BCUT2D eigenvalue weighted by Gasteiger charge is -2.27. The summed E-state index contributed by atoms with van der Waals surface area (Å²) in [6.07, 6.45) is 3.99. The molecule has 7 heteroatoms. The molecular formula is C22H21N5O2. The maximum absolute atomic E-state index is 12.6. The highest BCUT2D eigenvalue weighted by Crippen LogP contribution is 2.26. The molecule has 146 valence electrons. The third-order valence-corrected chi connectivity index (χ3v) is 5.04. The lowest BCUT2D eigenvalue weighted by Crippen LogP contribution is -2.34. The van der Waals surface area contributed by atoms with E-state index in [0.717, 1.165) is 24.1 Å². The Morgan fingerprint density at radius 2 is 2.03 bits per heavy atom. The van der Waals surface area contributed by atoms with Crippen molar-refractivity contribution in [2.75, 3.05) is 24.6 Å². The predicted molar refractivity (Wildman–Crippen MR) is 109 cm³/mol. The normalized spacial score (nSPS) is 16.8. The topological polar surface area (TPSA) is 84.0 Å². The summed E-state index contributed by atoms with van der Waals surface area (Å²) in [7, 11) is 1.73. The van der Waals surface area contributed by atoms with Crippen molar-refractivity contribution in [3.8, 4) is 17.3 Å². The zero-order chi connectivity index (χ0) is 20.2. The molecule has 0 unspecified atom stereocenters. The van der Waals surface area contributed by atoms with Crippen LogP contribution in [-0.4, -0.2) is 34.2 Å². The maximum Gasteiger partial charge on any atom is 0.255 e. The van der Waals surface area contributed by atoms with E-state index in [4.69, 9.17) is 9.72 Å². The van der Waals surface area contributed by atoms with Gasteiger partial charge in [0.05, 0.1) is 23.9 Å². The van der Waals surface area contributed by atoms with E-state index in [9.17, 15) is 10.1 Å². The number of benzene rings is 1. The zero-order valence-electron chi connectivity index (χ0n) is 16.2. The average molecular weight is 387 g/mol. The average Bonchev–Trinajstić information content (AvgIpc) is 3.02. The van der Waals surface area contributed by atoms with Crippen LogP contribution < -0.4 is 10.5 Å². The van der Waals surface area contributed by atoms with Crippen LogP contribution in [0.3, 0.4) is 0 Å². The van der Waals surface area contributed by atoms with E-state index in [2.05, 4.69) is 16.0 Å². The molecule has 3 heterocycles. The molecular weight excluding hydrogens is 366 g/mol. The van der Waals surface area contributed by atoms with Crippen LogP contribution in [0.15, 0.2) is 59.7 Å². The number of hydrogen-bond donors (Lipinski definition) is 0. The second-order valence-corrected chi connectivity index (χ2v) is 6.97. The molecule has 2 aromatic heterocycles. The van der Waals surface area contributed by atoms with Crippen LogP contribution in [0.4, 0.5) is 5.95 Å². The van der Waals surface area contributed by atoms with E-state index in [1.807, 2.05) is 30.3 Å². The SMILES string of the molecule is Cn1c(N2CCCO[C@@H](c3cccc(C#N)c3)C2)nc(-c2ccncc2)cc1=O. The van der Waals surface area contributed by atoms with E-state index >= 15 is 0 Å². The molecule has 29 heavy (non-hydrogen) atoms. The lowest BCUT2D eigenvalue weighted by molar-refractivity contribution is 0.0685. The van der Waals surface area contributed by atoms with Gasteiger partial charge in [0, 0.05) is 44.2 Å². The van der Waals surface area contributed by atoms with Gasteiger partial charge in [-0.1, -0.05) is 12.1 Å². The third kappa shape index (κ3) is 4.03. The molecule has 1 saturated heterocycles. The number of aromatic nitrogens is 3. The van der Waals surface area contributed by atoms with Gasteiger partial charge in [0.1, 0.15) is 6.10 Å². The van der Waals surface area contributed by atoms with Gasteiger partial charge in [-0.25, -0.2) is 4.98 Å². The molecule has 0 bridgehead atoms. The summed E-state index contributed by atoms with van der Waals surface area (Å²) in [6, 6.07) is 14.9. The minimum Gasteiger partial charge on any atom is -0.372 e. The van der Waals surface area contributed by atoms with Crippen molar-refractivity contribution in [3.63, 3.8) is 0 Å². The fourth-order valence-corrected chi connectivity index (χ4v) is 3.50. The van der Waals surface area contributed by atoms with Crippen molar-refractivity contribution in [1.29, 1.82) is 5.26 Å². The second kappa shape index (κ2) is 8.25. The van der Waals surface area contributed by atoms with Crippen molar-refractivity contribution >= 4 is 5.95 Å². The Kier molecular flexibility index (Phi) is 5.36. The van der Waals surface area contributed by atoms with Gasteiger partial charge >= 0.3 is 0 Å². The summed E-state index contributed by atoms with van der Waals surface area (Å²) in [5, 5.41) is 9.20. The van der Waals surface area contributed by atoms with Gasteiger partial charge in [0.25, 0.3) is 5.56 Å². The van der Waals surface area contributed by atoms with Crippen LogP contribution in [0.2, 0.25) is 0 Å². The number of nitrogens with zero attached hydrogens (tertiary/aromatic N) is 5. The van der Waals surface area contributed by atoms with E-state index in [1.54, 1.807) is 36.1 Å². The number of ether oxygens (including phenoxy) is 1. The van der Waals surface area contributed by atoms with Gasteiger partial charge in [0.15, 0.2) is 0 Å². The lowest BCUT2D eigenvalue weighted by atomic mass is 10.1. The molecule has 0 aliphatic carbocycles. The monoisotopic (exact) mass is 387 g/mol. The molecule has 1 fully saturated rings. The maximum atomic E-state index is 12.6. The van der Waals surface area contributed by atoms with E-state index in [-0.39, 0.29) is 11.7 Å². The number of hydrogen-bond acceptors (Lipinski definition) is 6. The first-order valence-corrected chi connectivity index (χ1v) is 9.51. The van der Waals surface area contributed by atoms with E-state index < -0.39 is 0 Å². The van der Waals surface area contributed by atoms with Crippen LogP contribution in [0.1, 0.15) is 23.7 Å². The van der Waals surface area contributed by atoms with Crippen LogP contribution in [0, 0.1) is 11.3 Å². The largest absolute Gasteiger partial charge is 0.372 e. The molecule has 7 nitrogen and oxygen atoms in total. The quantitative estimate of drug-likeness (QED) is 0.687. The van der Waals surface area contributed by atoms with Crippen molar-refractivity contribution in [1.82, 2.24) is 14.5 Å². The van der Waals surface area contributed by atoms with Gasteiger partial charge in [-0.05, 0) is 36.2 Å². The second-order valence-electron chi connectivity index (χ2n) is 6.97.